The molecular weight excluding hydrogens is 251 g/mol. The van der Waals surface area contributed by atoms with Crippen molar-refractivity contribution in [3.05, 3.63) is 45.7 Å². The highest BCUT2D eigenvalue weighted by molar-refractivity contribution is 7.07. The van der Waals surface area contributed by atoms with Gasteiger partial charge in [-0.2, -0.15) is 0 Å². The fourth-order valence-corrected chi connectivity index (χ4v) is 1.78. The highest BCUT2D eigenvalue weighted by atomic mass is 35.5. The quantitative estimate of drug-likeness (QED) is 0.793. The summed E-state index contributed by atoms with van der Waals surface area (Å²) in [4.78, 5) is 12.1. The van der Waals surface area contributed by atoms with Crippen LogP contribution in [0, 0.1) is 5.82 Å². The molecule has 2 rings (SSSR count). The van der Waals surface area contributed by atoms with E-state index in [-0.39, 0.29) is 17.2 Å². The van der Waals surface area contributed by atoms with E-state index in [1.807, 2.05) is 0 Å². The Hall–Kier alpha value is -1.33. The molecule has 0 radical (unpaired) electrons. The van der Waals surface area contributed by atoms with Gasteiger partial charge in [-0.05, 0) is 29.2 Å². The number of carbonyl (C=O) groups excluding carboxylic acids is 1. The van der Waals surface area contributed by atoms with Crippen molar-refractivity contribution >= 4 is 28.9 Å². The van der Waals surface area contributed by atoms with Crippen LogP contribution in [0.25, 0.3) is 0 Å². The minimum absolute atomic E-state index is 0.0515. The topological polar surface area (TPSA) is 42.9 Å². The predicted molar refractivity (Wildman–Crippen MR) is 59.4 cm³/mol. The summed E-state index contributed by atoms with van der Waals surface area (Å²) in [5.74, 6) is -0.647. The van der Waals surface area contributed by atoms with Gasteiger partial charge in [0.1, 0.15) is 10.7 Å². The highest BCUT2D eigenvalue weighted by Crippen LogP contribution is 2.17. The van der Waals surface area contributed by atoms with Crippen LogP contribution >= 0.6 is 23.1 Å². The van der Waals surface area contributed by atoms with E-state index < -0.39 is 5.82 Å². The van der Waals surface area contributed by atoms with Gasteiger partial charge in [0.15, 0.2) is 5.78 Å². The Kier molecular flexibility index (Phi) is 3.26. The Balaban J connectivity index is 2.15. The Bertz CT molecular complexity index is 516. The molecule has 1 heterocycles. The molecule has 2 aromatic rings. The van der Waals surface area contributed by atoms with Gasteiger partial charge in [0.2, 0.25) is 0 Å². The number of benzene rings is 1. The van der Waals surface area contributed by atoms with Crippen LogP contribution in [0.3, 0.4) is 0 Å². The van der Waals surface area contributed by atoms with Crippen LogP contribution in [-0.4, -0.2) is 15.4 Å². The first-order chi connectivity index (χ1) is 7.66. The molecule has 6 heteroatoms. The van der Waals surface area contributed by atoms with Crippen molar-refractivity contribution in [3.8, 4) is 0 Å². The molecule has 0 atom stereocenters. The number of hydrogen-bond acceptors (Lipinski definition) is 4. The molecule has 0 fully saturated rings. The third-order valence-electron chi connectivity index (χ3n) is 1.98. The van der Waals surface area contributed by atoms with Crippen LogP contribution in [0.4, 0.5) is 4.39 Å². The Morgan fingerprint density at radius 3 is 2.94 bits per heavy atom. The number of aromatic nitrogens is 2. The van der Waals surface area contributed by atoms with Gasteiger partial charge in [-0.15, -0.1) is 5.10 Å². The van der Waals surface area contributed by atoms with Crippen molar-refractivity contribution < 1.29 is 9.18 Å². The second-order valence-electron chi connectivity index (χ2n) is 3.13. The molecule has 0 saturated carbocycles. The zero-order valence-corrected chi connectivity index (χ0v) is 9.56. The standard InChI is InChI=1S/C10H6ClFN2OS/c11-7-2-1-6(3-8(7)12)4-9(15)10-5-13-14-16-10/h1-3,5H,4H2. The average molecular weight is 257 g/mol. The minimum atomic E-state index is -0.519. The normalized spacial score (nSPS) is 10.4. The molecule has 1 aromatic carbocycles. The van der Waals surface area contributed by atoms with Gasteiger partial charge in [-0.3, -0.25) is 4.79 Å². The molecule has 0 aliphatic carbocycles. The molecule has 0 unspecified atom stereocenters. The van der Waals surface area contributed by atoms with Crippen LogP contribution < -0.4 is 0 Å². The van der Waals surface area contributed by atoms with Gasteiger partial charge in [-0.1, -0.05) is 22.2 Å². The van der Waals surface area contributed by atoms with Crippen LogP contribution in [0.15, 0.2) is 24.4 Å². The van der Waals surface area contributed by atoms with E-state index in [9.17, 15) is 9.18 Å². The summed E-state index contributed by atoms with van der Waals surface area (Å²) in [6, 6.07) is 4.32. The lowest BCUT2D eigenvalue weighted by atomic mass is 10.1. The van der Waals surface area contributed by atoms with E-state index in [2.05, 4.69) is 9.59 Å². The Morgan fingerprint density at radius 2 is 2.31 bits per heavy atom. The number of rotatable bonds is 3. The predicted octanol–water partition coefficient (Wildman–Crippen LogP) is 2.76. The maximum absolute atomic E-state index is 13.1. The van der Waals surface area contributed by atoms with Crippen molar-refractivity contribution in [1.82, 2.24) is 9.59 Å². The van der Waals surface area contributed by atoms with Gasteiger partial charge in [0, 0.05) is 6.42 Å². The van der Waals surface area contributed by atoms with E-state index in [4.69, 9.17) is 11.6 Å². The summed E-state index contributed by atoms with van der Waals surface area (Å²) >= 11 is 6.57. The van der Waals surface area contributed by atoms with E-state index in [0.29, 0.717) is 10.4 Å². The Morgan fingerprint density at radius 1 is 1.50 bits per heavy atom. The molecule has 0 bridgehead atoms. The summed E-state index contributed by atoms with van der Waals surface area (Å²) in [6.07, 6.45) is 1.53. The first-order valence-corrected chi connectivity index (χ1v) is 5.56. The third kappa shape index (κ3) is 2.43. The van der Waals surface area contributed by atoms with Gasteiger partial charge in [0.05, 0.1) is 11.2 Å². The van der Waals surface area contributed by atoms with Crippen molar-refractivity contribution in [1.29, 1.82) is 0 Å². The molecule has 0 N–H and O–H groups in total. The van der Waals surface area contributed by atoms with E-state index in [1.165, 1.54) is 18.3 Å². The number of nitrogens with zero attached hydrogens (tertiary/aromatic N) is 2. The number of Topliss-reactive ketones (excluding diaryl/α,β-unsaturated/α-hetero) is 1. The van der Waals surface area contributed by atoms with Crippen molar-refractivity contribution in [3.63, 3.8) is 0 Å². The number of carbonyl (C=O) groups is 1. The smallest absolute Gasteiger partial charge is 0.180 e. The maximum Gasteiger partial charge on any atom is 0.180 e. The molecule has 0 saturated heterocycles. The summed E-state index contributed by atoms with van der Waals surface area (Å²) in [6.45, 7) is 0. The molecular formula is C10H6ClFN2OS. The molecule has 16 heavy (non-hydrogen) atoms. The summed E-state index contributed by atoms with van der Waals surface area (Å²) in [5.41, 5.74) is 0.584. The lowest BCUT2D eigenvalue weighted by Gasteiger charge is -2.00. The monoisotopic (exact) mass is 256 g/mol. The molecule has 0 aliphatic heterocycles. The molecule has 0 aliphatic rings. The average Bonchev–Trinajstić information content (AvgIpc) is 2.77. The van der Waals surface area contributed by atoms with Crippen LogP contribution in [0.2, 0.25) is 5.02 Å². The SMILES string of the molecule is O=C(Cc1ccc(Cl)c(F)c1)c1cnns1. The summed E-state index contributed by atoms with van der Waals surface area (Å²) in [7, 11) is 0. The number of hydrogen-bond donors (Lipinski definition) is 0. The number of halogens is 2. The van der Waals surface area contributed by atoms with Crippen molar-refractivity contribution in [2.24, 2.45) is 0 Å². The molecule has 82 valence electrons. The van der Waals surface area contributed by atoms with Gasteiger partial charge < -0.3 is 0 Å². The first-order valence-electron chi connectivity index (χ1n) is 4.41. The first kappa shape index (κ1) is 11.2. The molecule has 1 aromatic heterocycles. The second kappa shape index (κ2) is 4.67. The molecule has 0 amide bonds. The summed E-state index contributed by atoms with van der Waals surface area (Å²) in [5, 5.41) is 3.62. The van der Waals surface area contributed by atoms with E-state index in [1.54, 1.807) is 6.07 Å². The summed E-state index contributed by atoms with van der Waals surface area (Å²) < 4.78 is 16.7. The zero-order chi connectivity index (χ0) is 11.5. The van der Waals surface area contributed by atoms with Crippen molar-refractivity contribution in [2.75, 3.05) is 0 Å². The number of ketones is 1. The third-order valence-corrected chi connectivity index (χ3v) is 3.00. The fourth-order valence-electron chi connectivity index (χ4n) is 1.21. The van der Waals surface area contributed by atoms with Gasteiger partial charge in [0.25, 0.3) is 0 Å². The molecule has 3 nitrogen and oxygen atoms in total. The van der Waals surface area contributed by atoms with Crippen LogP contribution in [-0.2, 0) is 6.42 Å². The van der Waals surface area contributed by atoms with Crippen LogP contribution in [0.1, 0.15) is 15.2 Å². The largest absolute Gasteiger partial charge is 0.293 e. The van der Waals surface area contributed by atoms with Gasteiger partial charge in [-0.25, -0.2) is 4.39 Å². The maximum atomic E-state index is 13.1. The Labute approximate surface area is 100 Å². The van der Waals surface area contributed by atoms with Crippen molar-refractivity contribution in [2.45, 2.75) is 6.42 Å². The van der Waals surface area contributed by atoms with Crippen LogP contribution in [0.5, 0.6) is 0 Å². The molecule has 0 spiro atoms. The van der Waals surface area contributed by atoms with E-state index >= 15 is 0 Å². The lowest BCUT2D eigenvalue weighted by Crippen LogP contribution is -2.01. The van der Waals surface area contributed by atoms with E-state index in [0.717, 1.165) is 11.5 Å². The second-order valence-corrected chi connectivity index (χ2v) is 4.32. The fraction of sp³-hybridized carbons (Fsp3) is 0.100. The highest BCUT2D eigenvalue weighted by Gasteiger charge is 2.10. The van der Waals surface area contributed by atoms with Gasteiger partial charge >= 0.3 is 0 Å². The zero-order valence-electron chi connectivity index (χ0n) is 7.98. The minimum Gasteiger partial charge on any atom is -0.293 e. The lowest BCUT2D eigenvalue weighted by molar-refractivity contribution is 0.0996.